The lowest BCUT2D eigenvalue weighted by Gasteiger charge is -2.19. The molecule has 0 aromatic carbocycles. The van der Waals surface area contributed by atoms with E-state index in [1.165, 1.54) is 0 Å². The fourth-order valence-corrected chi connectivity index (χ4v) is 1.65. The maximum absolute atomic E-state index is 4.40. The highest BCUT2D eigenvalue weighted by atomic mass is 15.5. The highest BCUT2D eigenvalue weighted by Gasteiger charge is 2.25. The van der Waals surface area contributed by atoms with E-state index in [2.05, 4.69) is 35.1 Å². The third-order valence-corrected chi connectivity index (χ3v) is 2.03. The van der Waals surface area contributed by atoms with Crippen LogP contribution in [-0.2, 0) is 12.6 Å². The normalized spacial score (nSPS) is 12.2. The molecule has 1 aromatic rings. The van der Waals surface area contributed by atoms with Gasteiger partial charge in [0.05, 0.1) is 5.54 Å². The van der Waals surface area contributed by atoms with Gasteiger partial charge >= 0.3 is 5.82 Å². The molecule has 0 fully saturated rings. The zero-order valence-electron chi connectivity index (χ0n) is 8.84. The van der Waals surface area contributed by atoms with Crippen LogP contribution in [0, 0.1) is 13.8 Å². The summed E-state index contributed by atoms with van der Waals surface area (Å²) in [6, 6.07) is 0. The second-order valence-corrected chi connectivity index (χ2v) is 4.21. The Bertz CT molecular complexity index is 291. The van der Waals surface area contributed by atoms with Crippen LogP contribution in [-0.4, -0.2) is 9.67 Å². The van der Waals surface area contributed by atoms with Crippen molar-refractivity contribution < 1.29 is 4.68 Å². The molecule has 0 bridgehead atoms. The van der Waals surface area contributed by atoms with Gasteiger partial charge in [-0.2, -0.15) is 9.36 Å². The van der Waals surface area contributed by atoms with E-state index in [-0.39, 0.29) is 5.54 Å². The van der Waals surface area contributed by atoms with Gasteiger partial charge in [0, 0.05) is 13.8 Å². The summed E-state index contributed by atoms with van der Waals surface area (Å²) in [4.78, 5) is 4.40. The van der Waals surface area contributed by atoms with Crippen LogP contribution >= 0.6 is 0 Å². The van der Waals surface area contributed by atoms with Crippen molar-refractivity contribution >= 4 is 0 Å². The Kier molecular flexibility index (Phi) is 1.98. The largest absolute Gasteiger partial charge is 0.315 e. The summed E-state index contributed by atoms with van der Waals surface area (Å²) in [6.45, 7) is 10.6. The topological polar surface area (TPSA) is 21.7 Å². The van der Waals surface area contributed by atoms with Gasteiger partial charge in [-0.1, -0.05) is 0 Å². The predicted octanol–water partition coefficient (Wildman–Crippen LogP) is 1.08. The number of aryl methyl sites for hydroxylation is 2. The van der Waals surface area contributed by atoms with Crippen molar-refractivity contribution in [3.63, 3.8) is 0 Å². The van der Waals surface area contributed by atoms with Gasteiger partial charge in [-0.3, -0.25) is 0 Å². The molecule has 0 aliphatic heterocycles. The minimum Gasteiger partial charge on any atom is -0.173 e. The molecule has 0 atom stereocenters. The minimum absolute atomic E-state index is 0.111. The van der Waals surface area contributed by atoms with Crippen molar-refractivity contribution in [1.29, 1.82) is 0 Å². The molecule has 0 aliphatic carbocycles. The van der Waals surface area contributed by atoms with Crippen LogP contribution in [0.3, 0.4) is 0 Å². The number of hydrogen-bond acceptors (Lipinski definition) is 1. The molecule has 1 rings (SSSR count). The van der Waals surface area contributed by atoms with E-state index in [4.69, 9.17) is 0 Å². The lowest BCUT2D eigenvalue weighted by atomic mass is 10.1. The number of rotatable bonds is 0. The van der Waals surface area contributed by atoms with Gasteiger partial charge in [-0.15, -0.1) is 0 Å². The Labute approximate surface area is 74.0 Å². The Balaban J connectivity index is 3.32. The molecule has 0 N–H and O–H groups in total. The first kappa shape index (κ1) is 9.23. The maximum Gasteiger partial charge on any atom is 0.315 e. The fraction of sp³-hybridized carbons (Fsp3) is 0.778. The van der Waals surface area contributed by atoms with E-state index in [0.29, 0.717) is 0 Å². The summed E-state index contributed by atoms with van der Waals surface area (Å²) in [5, 5.41) is 0. The van der Waals surface area contributed by atoms with Crippen molar-refractivity contribution in [2.45, 2.75) is 40.2 Å². The molecule has 1 aromatic heterocycles. The standard InChI is InChI=1S/C9H18N3/c1-7-10-8(2)12(11(7)6)9(3,4)5/h1-6H3/q+1. The third kappa shape index (κ3) is 1.36. The van der Waals surface area contributed by atoms with Gasteiger partial charge in [-0.05, 0) is 25.8 Å². The molecule has 0 saturated carbocycles. The van der Waals surface area contributed by atoms with E-state index >= 15 is 0 Å². The maximum atomic E-state index is 4.40. The van der Waals surface area contributed by atoms with Gasteiger partial charge < -0.3 is 0 Å². The van der Waals surface area contributed by atoms with Crippen LogP contribution in [0.25, 0.3) is 0 Å². The van der Waals surface area contributed by atoms with Crippen molar-refractivity contribution in [2.75, 3.05) is 0 Å². The predicted molar refractivity (Wildman–Crippen MR) is 47.9 cm³/mol. The van der Waals surface area contributed by atoms with E-state index in [0.717, 1.165) is 11.6 Å². The molecule has 3 heteroatoms. The monoisotopic (exact) mass is 168 g/mol. The molecule has 3 nitrogen and oxygen atoms in total. The Hall–Kier alpha value is -0.860. The number of nitrogens with zero attached hydrogens (tertiary/aromatic N) is 3. The molecular formula is C9H18N3+. The zero-order chi connectivity index (χ0) is 9.52. The van der Waals surface area contributed by atoms with Gasteiger partial charge in [0.2, 0.25) is 0 Å². The summed E-state index contributed by atoms with van der Waals surface area (Å²) in [5.74, 6) is 2.13. The van der Waals surface area contributed by atoms with Crippen molar-refractivity contribution in [1.82, 2.24) is 9.67 Å². The number of aromatic nitrogens is 3. The van der Waals surface area contributed by atoms with E-state index in [1.54, 1.807) is 0 Å². The van der Waals surface area contributed by atoms with Gasteiger partial charge in [0.1, 0.15) is 7.05 Å². The van der Waals surface area contributed by atoms with E-state index in [9.17, 15) is 0 Å². The summed E-state index contributed by atoms with van der Waals surface area (Å²) >= 11 is 0. The van der Waals surface area contributed by atoms with Crippen LogP contribution < -0.4 is 4.68 Å². The first-order valence-corrected chi connectivity index (χ1v) is 4.27. The molecule has 12 heavy (non-hydrogen) atoms. The average Bonchev–Trinajstić information content (AvgIpc) is 2.05. The summed E-state index contributed by atoms with van der Waals surface area (Å²) in [6.07, 6.45) is 0. The second-order valence-electron chi connectivity index (χ2n) is 4.21. The molecule has 1 heterocycles. The fourth-order valence-electron chi connectivity index (χ4n) is 1.65. The van der Waals surface area contributed by atoms with Gasteiger partial charge in [-0.25, -0.2) is 0 Å². The van der Waals surface area contributed by atoms with Gasteiger partial charge in [0.25, 0.3) is 5.82 Å². The molecule has 0 amide bonds. The van der Waals surface area contributed by atoms with Crippen molar-refractivity contribution in [3.8, 4) is 0 Å². The quantitative estimate of drug-likeness (QED) is 0.531. The SMILES string of the molecule is Cc1nc(C)[n+](C)n1C(C)(C)C. The molecule has 0 saturated heterocycles. The molecule has 68 valence electrons. The second kappa shape index (κ2) is 2.57. The summed E-state index contributed by atoms with van der Waals surface area (Å²) in [5.41, 5.74) is 0.111. The van der Waals surface area contributed by atoms with Crippen LogP contribution in [0.4, 0.5) is 0 Å². The summed E-state index contributed by atoms with van der Waals surface area (Å²) in [7, 11) is 2.04. The van der Waals surface area contributed by atoms with E-state index in [1.807, 2.05) is 20.9 Å². The molecule has 0 unspecified atom stereocenters. The lowest BCUT2D eigenvalue weighted by Crippen LogP contribution is -2.48. The Morgan fingerprint density at radius 1 is 1.25 bits per heavy atom. The molecule has 0 aliphatic rings. The van der Waals surface area contributed by atoms with E-state index < -0.39 is 0 Å². The highest BCUT2D eigenvalue weighted by molar-refractivity contribution is 4.85. The Morgan fingerprint density at radius 3 is 1.92 bits per heavy atom. The first-order chi connectivity index (χ1) is 5.34. The smallest absolute Gasteiger partial charge is 0.173 e. The van der Waals surface area contributed by atoms with Gasteiger partial charge in [0.15, 0.2) is 0 Å². The van der Waals surface area contributed by atoms with Crippen LogP contribution in [0.2, 0.25) is 0 Å². The van der Waals surface area contributed by atoms with Crippen molar-refractivity contribution in [3.05, 3.63) is 11.6 Å². The van der Waals surface area contributed by atoms with Crippen molar-refractivity contribution in [2.24, 2.45) is 7.05 Å². The van der Waals surface area contributed by atoms with Crippen LogP contribution in [0.1, 0.15) is 32.4 Å². The summed E-state index contributed by atoms with van der Waals surface area (Å²) < 4.78 is 4.29. The number of hydrogen-bond donors (Lipinski definition) is 0. The Morgan fingerprint density at radius 2 is 1.75 bits per heavy atom. The average molecular weight is 168 g/mol. The molecule has 0 spiro atoms. The lowest BCUT2D eigenvalue weighted by molar-refractivity contribution is -0.766. The zero-order valence-corrected chi connectivity index (χ0v) is 8.84. The molecular weight excluding hydrogens is 150 g/mol. The highest BCUT2D eigenvalue weighted by Crippen LogP contribution is 2.12. The van der Waals surface area contributed by atoms with Crippen LogP contribution in [0.5, 0.6) is 0 Å². The first-order valence-electron chi connectivity index (χ1n) is 4.27. The molecule has 0 radical (unpaired) electrons. The third-order valence-electron chi connectivity index (χ3n) is 2.03. The van der Waals surface area contributed by atoms with Crippen LogP contribution in [0.15, 0.2) is 0 Å². The minimum atomic E-state index is 0.111.